The number of nitrogens with zero attached hydrogens (tertiary/aromatic N) is 1. The number of hydrogen-bond donors (Lipinski definition) is 16. The Balaban J connectivity index is 1.76. The van der Waals surface area contributed by atoms with Gasteiger partial charge in [-0.15, -0.1) is 0 Å². The molecule has 0 aliphatic carbocycles. The van der Waals surface area contributed by atoms with E-state index < -0.39 is 126 Å². The number of urea groups is 1. The molecule has 3 rings (SSSR count). The van der Waals surface area contributed by atoms with Crippen molar-refractivity contribution >= 4 is 65.2 Å². The maximum absolute atomic E-state index is 14.0. The summed E-state index contributed by atoms with van der Waals surface area (Å²) in [5.41, 5.74) is 29.3. The number of aliphatic hydroxyl groups excluding tert-OH is 1. The number of phenolic OH excluding ortho intramolecular Hbond substituents is 1. The Kier molecular flexibility index (Phi) is 28.1. The van der Waals surface area contributed by atoms with E-state index in [1.807, 2.05) is 0 Å². The van der Waals surface area contributed by atoms with Gasteiger partial charge in [-0.1, -0.05) is 107 Å². The zero-order valence-electron chi connectivity index (χ0n) is 46.2. The van der Waals surface area contributed by atoms with Crippen molar-refractivity contribution in [1.29, 1.82) is 0 Å². The third kappa shape index (κ3) is 24.0. The molecule has 0 aliphatic rings. The molecule has 27 heteroatoms. The van der Waals surface area contributed by atoms with Gasteiger partial charge in [-0.05, 0) is 66.3 Å². The van der Waals surface area contributed by atoms with Crippen molar-refractivity contribution in [3.63, 3.8) is 0 Å². The molecule has 442 valence electrons. The van der Waals surface area contributed by atoms with Crippen molar-refractivity contribution in [2.75, 3.05) is 20.2 Å². The number of carbonyl (C=O) groups excluding carboxylic acids is 10. The van der Waals surface area contributed by atoms with Gasteiger partial charge in [0, 0.05) is 26.4 Å². The van der Waals surface area contributed by atoms with Gasteiger partial charge in [0.05, 0.1) is 19.1 Å². The number of hydrazine groups is 1. The van der Waals surface area contributed by atoms with Gasteiger partial charge >= 0.3 is 6.03 Å². The lowest BCUT2D eigenvalue weighted by molar-refractivity contribution is -0.136. The highest BCUT2D eigenvalue weighted by molar-refractivity contribution is 5.98. The second-order valence-electron chi connectivity index (χ2n) is 19.7. The second kappa shape index (κ2) is 34.2. The summed E-state index contributed by atoms with van der Waals surface area (Å²) in [4.78, 5) is 138. The maximum Gasteiger partial charge on any atom is 0.334 e. The van der Waals surface area contributed by atoms with Crippen LogP contribution in [0.5, 0.6) is 5.75 Å². The third-order valence-electron chi connectivity index (χ3n) is 12.7. The number of hydrogen-bond acceptors (Lipinski definition) is 14. The molecule has 81 heavy (non-hydrogen) atoms. The minimum Gasteiger partial charge on any atom is -0.508 e. The van der Waals surface area contributed by atoms with Crippen LogP contribution in [0.1, 0.15) is 76.5 Å². The SMILES string of the molecule is CC[C@H](C)[C@H](NC(=O)[C@H](N)Cc1ccc(O)cc1)C(=O)N[C@@H](CC(N)=O)C(=O)N[C@@H](CO)C(=O)N[C@@H](Cc1ccccc1)C(=O)NNC(=O)N[C@@H](CC(C)C)C(=O)N[C@@H](CCCNC(N)=NC)C(=O)N[C@@H](Cc1ccccc1)C(N)=O. The predicted octanol–water partition coefficient (Wildman–Crippen LogP) is -2.89. The number of aliphatic imine (C=N–C) groups is 1. The Labute approximate surface area is 470 Å². The number of primary amides is 2. The number of rotatable bonds is 32. The van der Waals surface area contributed by atoms with Gasteiger partial charge in [0.25, 0.3) is 5.91 Å². The Hall–Kier alpha value is -8.85. The lowest BCUT2D eigenvalue weighted by Crippen LogP contribution is -2.62. The number of nitrogens with one attached hydrogen (secondary N) is 10. The van der Waals surface area contributed by atoms with E-state index in [9.17, 15) is 58.2 Å². The van der Waals surface area contributed by atoms with Crippen molar-refractivity contribution < 1.29 is 58.2 Å². The molecule has 0 spiro atoms. The molecule has 0 radical (unpaired) electrons. The van der Waals surface area contributed by atoms with Crippen LogP contribution in [0.3, 0.4) is 0 Å². The standard InChI is InChI=1S/C54H79N15O12/c1-6-31(4)44(67-46(74)36(55)25-34-19-21-35(71)22-20-34)52(80)64-41(28-43(56)72)49(77)65-42(29-70)50(78)63-40(27-33-16-11-8-12-17-33)51(79)68-69-54(81)66-39(24-30(2)3)48(76)61-37(18-13-23-60-53(58)59-5)47(75)62-38(45(57)73)26-32-14-9-7-10-15-32/h7-12,14-17,19-22,30-31,36-42,44,70-71H,6,13,18,23-29,55H2,1-5H3,(H2,56,72)(H2,57,73)(H,61,76)(H,62,75)(H,63,78)(H,64,80)(H,65,77)(H,67,74)(H,68,79)(H3,58,59,60)(H2,66,69,81)/t31-,36+,37-,38-,39-,40-,41-,42-,44-/m0/s1. The molecule has 0 aliphatic heterocycles. The van der Waals surface area contributed by atoms with Gasteiger partial charge in [0.1, 0.15) is 48.0 Å². The fourth-order valence-electron chi connectivity index (χ4n) is 8.00. The Morgan fingerprint density at radius 2 is 1.06 bits per heavy atom. The maximum atomic E-state index is 14.0. The predicted molar refractivity (Wildman–Crippen MR) is 299 cm³/mol. The lowest BCUT2D eigenvalue weighted by Gasteiger charge is -2.28. The van der Waals surface area contributed by atoms with Crippen molar-refractivity contribution in [3.05, 3.63) is 102 Å². The molecule has 3 aromatic rings. The molecule has 9 atom stereocenters. The molecule has 27 nitrogen and oxygen atoms in total. The second-order valence-corrected chi connectivity index (χ2v) is 19.7. The van der Waals surface area contributed by atoms with E-state index in [1.165, 1.54) is 19.2 Å². The lowest BCUT2D eigenvalue weighted by atomic mass is 9.96. The van der Waals surface area contributed by atoms with E-state index in [1.54, 1.807) is 100 Å². The first kappa shape index (κ1) is 66.4. The number of guanidine groups is 1. The number of aromatic hydroxyl groups is 1. The number of aliphatic hydroxyl groups is 1. The fourth-order valence-corrected chi connectivity index (χ4v) is 8.00. The molecule has 0 bridgehead atoms. The molecule has 0 unspecified atom stereocenters. The van der Waals surface area contributed by atoms with Crippen LogP contribution in [0.4, 0.5) is 4.79 Å². The van der Waals surface area contributed by atoms with Gasteiger partial charge in [-0.25, -0.2) is 10.2 Å². The van der Waals surface area contributed by atoms with Gasteiger partial charge in [-0.3, -0.25) is 53.6 Å². The summed E-state index contributed by atoms with van der Waals surface area (Å²) in [6.07, 6.45) is -0.134. The number of carbonyl (C=O) groups is 10. The van der Waals surface area contributed by atoms with Crippen molar-refractivity contribution in [3.8, 4) is 5.75 Å². The van der Waals surface area contributed by atoms with Crippen molar-refractivity contribution in [2.45, 2.75) is 127 Å². The monoisotopic (exact) mass is 1130 g/mol. The zero-order chi connectivity index (χ0) is 60.2. The van der Waals surface area contributed by atoms with Crippen LogP contribution >= 0.6 is 0 Å². The average molecular weight is 1130 g/mol. The Morgan fingerprint density at radius 1 is 0.556 bits per heavy atom. The molecule has 0 saturated carbocycles. The van der Waals surface area contributed by atoms with Crippen LogP contribution < -0.4 is 76.3 Å². The molecule has 0 saturated heterocycles. The molecular formula is C54H79N15O12. The first-order valence-corrected chi connectivity index (χ1v) is 26.4. The number of phenols is 1. The zero-order valence-corrected chi connectivity index (χ0v) is 46.2. The molecule has 11 amide bonds. The highest BCUT2D eigenvalue weighted by Crippen LogP contribution is 2.14. The highest BCUT2D eigenvalue weighted by atomic mass is 16.3. The molecule has 0 fully saturated rings. The van der Waals surface area contributed by atoms with Crippen molar-refractivity contribution in [2.24, 2.45) is 39.8 Å². The summed E-state index contributed by atoms with van der Waals surface area (Å²) >= 11 is 0. The van der Waals surface area contributed by atoms with Gasteiger partial charge in [0.2, 0.25) is 47.3 Å². The summed E-state index contributed by atoms with van der Waals surface area (Å²) in [6.45, 7) is 6.15. The molecule has 3 aromatic carbocycles. The van der Waals surface area contributed by atoms with Crippen molar-refractivity contribution in [1.82, 2.24) is 53.4 Å². The summed E-state index contributed by atoms with van der Waals surface area (Å²) in [5.74, 6) is -8.84. The van der Waals surface area contributed by atoms with Gasteiger partial charge in [-0.2, -0.15) is 0 Å². The first-order valence-electron chi connectivity index (χ1n) is 26.4. The number of amides is 11. The van der Waals surface area contributed by atoms with Crippen LogP contribution in [0.2, 0.25) is 0 Å². The van der Waals surface area contributed by atoms with Gasteiger partial charge < -0.3 is 75.7 Å². The quantitative estimate of drug-likeness (QED) is 0.0129. The first-order chi connectivity index (χ1) is 38.4. The van der Waals surface area contributed by atoms with Crippen LogP contribution in [0.25, 0.3) is 0 Å². The minimum atomic E-state index is -1.80. The van der Waals surface area contributed by atoms with Crippen LogP contribution in [-0.4, -0.2) is 144 Å². The average Bonchev–Trinajstić information content (AvgIpc) is 3.43. The van der Waals surface area contributed by atoms with E-state index in [-0.39, 0.29) is 62.7 Å². The topological polar surface area (TPSA) is 448 Å². The summed E-state index contributed by atoms with van der Waals surface area (Å²) < 4.78 is 0. The molecular weight excluding hydrogens is 1050 g/mol. The third-order valence-corrected chi connectivity index (χ3v) is 12.7. The van der Waals surface area contributed by atoms with E-state index in [0.29, 0.717) is 23.1 Å². The van der Waals surface area contributed by atoms with Gasteiger partial charge in [0.15, 0.2) is 5.96 Å². The highest BCUT2D eigenvalue weighted by Gasteiger charge is 2.35. The van der Waals surface area contributed by atoms with Crippen LogP contribution in [0.15, 0.2) is 89.9 Å². The normalized spacial score (nSPS) is 14.5. The van der Waals surface area contributed by atoms with E-state index in [0.717, 1.165) is 0 Å². The van der Waals surface area contributed by atoms with E-state index in [2.05, 4.69) is 58.4 Å². The molecule has 20 N–H and O–H groups in total. The van der Waals surface area contributed by atoms with Crippen LogP contribution in [0, 0.1) is 11.8 Å². The van der Waals surface area contributed by atoms with E-state index in [4.69, 9.17) is 22.9 Å². The smallest absolute Gasteiger partial charge is 0.334 e. The van der Waals surface area contributed by atoms with Crippen LogP contribution in [-0.2, 0) is 62.4 Å². The summed E-state index contributed by atoms with van der Waals surface area (Å²) in [5, 5.41) is 40.3. The fraction of sp³-hybridized carbons (Fsp3) is 0.463. The number of benzene rings is 3. The van der Waals surface area contributed by atoms with E-state index >= 15 is 0 Å². The summed E-state index contributed by atoms with van der Waals surface area (Å²) in [6, 6.07) is 10.9. The molecule has 0 aromatic heterocycles. The Bertz CT molecular complexity index is 2610. The summed E-state index contributed by atoms with van der Waals surface area (Å²) in [7, 11) is 1.48. The Morgan fingerprint density at radius 3 is 1.60 bits per heavy atom. The number of nitrogens with two attached hydrogens (primary N) is 4. The molecule has 0 heterocycles. The largest absolute Gasteiger partial charge is 0.508 e. The minimum absolute atomic E-state index is 0.0120.